The lowest BCUT2D eigenvalue weighted by Crippen LogP contribution is -2.46. The Labute approximate surface area is 110 Å². The molecule has 0 N–H and O–H groups in total. The largest absolute Gasteiger partial charge is 0.313 e. The first kappa shape index (κ1) is 13.1. The van der Waals surface area contributed by atoms with E-state index in [1.165, 1.54) is 25.0 Å². The van der Waals surface area contributed by atoms with E-state index < -0.39 is 0 Å². The third-order valence-corrected chi connectivity index (χ3v) is 4.03. The van der Waals surface area contributed by atoms with Crippen molar-refractivity contribution < 1.29 is 4.79 Å². The van der Waals surface area contributed by atoms with Gasteiger partial charge < -0.3 is 4.90 Å². The molecule has 1 aliphatic carbocycles. The highest BCUT2D eigenvalue weighted by molar-refractivity contribution is 5.76. The number of likely N-dealkylation sites (tertiary alicyclic amines) is 1. The molecule has 1 unspecified atom stereocenters. The highest BCUT2D eigenvalue weighted by atomic mass is 16.2. The van der Waals surface area contributed by atoms with E-state index in [2.05, 4.69) is 24.5 Å². The Hall–Kier alpha value is -1.31. The molecule has 0 radical (unpaired) electrons. The van der Waals surface area contributed by atoms with Crippen LogP contribution in [0.5, 0.6) is 0 Å². The van der Waals surface area contributed by atoms with Gasteiger partial charge in [0.15, 0.2) is 0 Å². The molecule has 0 aromatic heterocycles. The highest BCUT2D eigenvalue weighted by Gasteiger charge is 2.42. The van der Waals surface area contributed by atoms with Crippen LogP contribution in [0.4, 0.5) is 0 Å². The topological polar surface area (TPSA) is 20.3 Å². The van der Waals surface area contributed by atoms with Crippen LogP contribution in [0.1, 0.15) is 39.5 Å². The standard InChI is InChI=1S/C16H23NO/c1-4-5-6-7-15-11-8-12(2)16(14-9-10-14)17(15)13(3)18/h4-7,12,14,16H,1,8-11H2,2-3H3/b6-5-,15-7+/t12?,16-/m1/s1. The highest BCUT2D eigenvalue weighted by Crippen LogP contribution is 2.44. The SMILES string of the molecule is C=C/C=C\C=C1/CCC(C)[C@H](C2CC2)N1C(C)=O. The zero-order chi connectivity index (χ0) is 13.1. The van der Waals surface area contributed by atoms with Crippen LogP contribution in [0, 0.1) is 11.8 Å². The summed E-state index contributed by atoms with van der Waals surface area (Å²) < 4.78 is 0. The van der Waals surface area contributed by atoms with Crippen molar-refractivity contribution in [2.45, 2.75) is 45.6 Å². The minimum Gasteiger partial charge on any atom is -0.313 e. The van der Waals surface area contributed by atoms with Gasteiger partial charge in [-0.2, -0.15) is 0 Å². The van der Waals surface area contributed by atoms with Crippen molar-refractivity contribution in [3.8, 4) is 0 Å². The molecule has 1 amide bonds. The second kappa shape index (κ2) is 5.55. The predicted molar refractivity (Wildman–Crippen MR) is 74.9 cm³/mol. The summed E-state index contributed by atoms with van der Waals surface area (Å²) in [5.74, 6) is 1.55. The Kier molecular flexibility index (Phi) is 4.05. The van der Waals surface area contributed by atoms with E-state index in [4.69, 9.17) is 0 Å². The number of piperidine rings is 1. The van der Waals surface area contributed by atoms with Crippen LogP contribution in [0.2, 0.25) is 0 Å². The van der Waals surface area contributed by atoms with Gasteiger partial charge in [-0.25, -0.2) is 0 Å². The second-order valence-electron chi connectivity index (χ2n) is 5.51. The molecule has 2 aliphatic rings. The maximum atomic E-state index is 12.0. The molecule has 98 valence electrons. The van der Waals surface area contributed by atoms with Crippen molar-refractivity contribution in [2.24, 2.45) is 11.8 Å². The monoisotopic (exact) mass is 245 g/mol. The van der Waals surface area contributed by atoms with Gasteiger partial charge in [0.2, 0.25) is 5.91 Å². The molecule has 2 heteroatoms. The van der Waals surface area contributed by atoms with E-state index in [0.29, 0.717) is 12.0 Å². The van der Waals surface area contributed by atoms with E-state index in [0.717, 1.165) is 12.3 Å². The lowest BCUT2D eigenvalue weighted by Gasteiger charge is -2.41. The molecule has 1 heterocycles. The van der Waals surface area contributed by atoms with Crippen LogP contribution in [-0.4, -0.2) is 16.8 Å². The molecule has 1 aliphatic heterocycles. The Morgan fingerprint density at radius 1 is 1.33 bits per heavy atom. The molecule has 2 atom stereocenters. The first-order valence-corrected chi connectivity index (χ1v) is 6.93. The van der Waals surface area contributed by atoms with Gasteiger partial charge in [0, 0.05) is 18.7 Å². The minimum atomic E-state index is 0.191. The summed E-state index contributed by atoms with van der Waals surface area (Å²) in [5.41, 5.74) is 1.18. The van der Waals surface area contributed by atoms with Gasteiger partial charge in [0.25, 0.3) is 0 Å². The predicted octanol–water partition coefficient (Wildman–Crippen LogP) is 3.67. The van der Waals surface area contributed by atoms with Crippen LogP contribution in [0.25, 0.3) is 0 Å². The summed E-state index contributed by atoms with van der Waals surface area (Å²) in [6.45, 7) is 7.65. The number of carbonyl (C=O) groups excluding carboxylic acids is 1. The number of allylic oxidation sites excluding steroid dienone is 5. The summed E-state index contributed by atoms with van der Waals surface area (Å²) in [6.07, 6.45) is 12.5. The summed E-state index contributed by atoms with van der Waals surface area (Å²) >= 11 is 0. The van der Waals surface area contributed by atoms with Crippen molar-refractivity contribution >= 4 is 5.91 Å². The van der Waals surface area contributed by atoms with E-state index in [1.54, 1.807) is 13.0 Å². The van der Waals surface area contributed by atoms with Gasteiger partial charge in [-0.15, -0.1) is 0 Å². The zero-order valence-corrected chi connectivity index (χ0v) is 11.4. The Morgan fingerprint density at radius 2 is 2.06 bits per heavy atom. The molecule has 1 saturated heterocycles. The van der Waals surface area contributed by atoms with Crippen molar-refractivity contribution in [1.82, 2.24) is 4.90 Å². The van der Waals surface area contributed by atoms with Crippen LogP contribution in [0.3, 0.4) is 0 Å². The molecule has 0 aromatic carbocycles. The third-order valence-electron chi connectivity index (χ3n) is 4.03. The maximum absolute atomic E-state index is 12.0. The normalized spacial score (nSPS) is 31.0. The van der Waals surface area contributed by atoms with E-state index in [-0.39, 0.29) is 5.91 Å². The van der Waals surface area contributed by atoms with Gasteiger partial charge >= 0.3 is 0 Å². The number of carbonyl (C=O) groups is 1. The zero-order valence-electron chi connectivity index (χ0n) is 11.4. The number of hydrogen-bond acceptors (Lipinski definition) is 1. The van der Waals surface area contributed by atoms with Gasteiger partial charge in [0.05, 0.1) is 0 Å². The number of hydrogen-bond donors (Lipinski definition) is 0. The first-order valence-electron chi connectivity index (χ1n) is 6.93. The summed E-state index contributed by atoms with van der Waals surface area (Å²) in [4.78, 5) is 14.0. The number of rotatable bonds is 3. The molecular formula is C16H23NO. The molecule has 0 aromatic rings. The minimum absolute atomic E-state index is 0.191. The molecule has 0 bridgehead atoms. The van der Waals surface area contributed by atoms with Gasteiger partial charge in [0.1, 0.15) is 0 Å². The van der Waals surface area contributed by atoms with Crippen molar-refractivity contribution in [2.75, 3.05) is 0 Å². The van der Waals surface area contributed by atoms with E-state index in [1.807, 2.05) is 12.2 Å². The van der Waals surface area contributed by atoms with Crippen LogP contribution in [0.15, 0.2) is 36.6 Å². The fraction of sp³-hybridized carbons (Fsp3) is 0.562. The average molecular weight is 245 g/mol. The molecule has 2 fully saturated rings. The quantitative estimate of drug-likeness (QED) is 0.695. The Bertz CT molecular complexity index is 390. The number of amides is 1. The third kappa shape index (κ3) is 2.74. The summed E-state index contributed by atoms with van der Waals surface area (Å²) in [7, 11) is 0. The first-order chi connectivity index (χ1) is 8.65. The van der Waals surface area contributed by atoms with Gasteiger partial charge in [-0.1, -0.05) is 31.7 Å². The van der Waals surface area contributed by atoms with Gasteiger partial charge in [-0.3, -0.25) is 4.79 Å². The average Bonchev–Trinajstić information content (AvgIpc) is 3.14. The maximum Gasteiger partial charge on any atom is 0.223 e. The molecule has 18 heavy (non-hydrogen) atoms. The molecular weight excluding hydrogens is 222 g/mol. The lowest BCUT2D eigenvalue weighted by atomic mass is 9.86. The lowest BCUT2D eigenvalue weighted by molar-refractivity contribution is -0.131. The number of nitrogens with zero attached hydrogens (tertiary/aromatic N) is 1. The van der Waals surface area contributed by atoms with Crippen molar-refractivity contribution in [1.29, 1.82) is 0 Å². The van der Waals surface area contributed by atoms with E-state index >= 15 is 0 Å². The summed E-state index contributed by atoms with van der Waals surface area (Å²) in [6, 6.07) is 0.430. The molecule has 2 nitrogen and oxygen atoms in total. The van der Waals surface area contributed by atoms with Crippen LogP contribution < -0.4 is 0 Å². The molecule has 2 rings (SSSR count). The smallest absolute Gasteiger partial charge is 0.223 e. The molecule has 0 spiro atoms. The van der Waals surface area contributed by atoms with Crippen molar-refractivity contribution in [3.05, 3.63) is 36.6 Å². The van der Waals surface area contributed by atoms with Crippen LogP contribution in [-0.2, 0) is 4.79 Å². The molecule has 1 saturated carbocycles. The fourth-order valence-electron chi connectivity index (χ4n) is 3.05. The van der Waals surface area contributed by atoms with E-state index in [9.17, 15) is 4.79 Å². The Balaban J connectivity index is 2.23. The van der Waals surface area contributed by atoms with Crippen LogP contribution >= 0.6 is 0 Å². The summed E-state index contributed by atoms with van der Waals surface area (Å²) in [5, 5.41) is 0. The fourth-order valence-corrected chi connectivity index (χ4v) is 3.05. The Morgan fingerprint density at radius 3 is 2.61 bits per heavy atom. The van der Waals surface area contributed by atoms with Crippen molar-refractivity contribution in [3.63, 3.8) is 0 Å². The van der Waals surface area contributed by atoms with Gasteiger partial charge in [-0.05, 0) is 43.6 Å². The second-order valence-corrected chi connectivity index (χ2v) is 5.51.